The molecule has 2 N–H and O–H groups in total. The fourth-order valence-electron chi connectivity index (χ4n) is 1.95. The standard InChI is InChI=1S/C14H21N5OS/c1-4-7-15-12-11(6-5-8-16-12)9-21-14-18-17-13(20)19(14)10(2)3/h5-6,8,10H,4,7,9H2,1-3H3,(H,15,16)(H,17,20). The average Bonchev–Trinajstić information content (AvgIpc) is 2.85. The van der Waals surface area contributed by atoms with Crippen molar-refractivity contribution in [1.29, 1.82) is 0 Å². The molecule has 0 saturated heterocycles. The summed E-state index contributed by atoms with van der Waals surface area (Å²) in [6.45, 7) is 6.96. The first-order valence-electron chi connectivity index (χ1n) is 7.11. The Kier molecular flexibility index (Phi) is 5.44. The second-order valence-corrected chi connectivity index (χ2v) is 5.94. The molecule has 7 heteroatoms. The minimum absolute atomic E-state index is 0.0883. The Hall–Kier alpha value is -1.76. The van der Waals surface area contributed by atoms with Gasteiger partial charge in [-0.2, -0.15) is 0 Å². The van der Waals surface area contributed by atoms with Crippen LogP contribution in [0, 0.1) is 0 Å². The van der Waals surface area contributed by atoms with Crippen molar-refractivity contribution in [3.05, 3.63) is 34.4 Å². The minimum atomic E-state index is -0.164. The van der Waals surface area contributed by atoms with Gasteiger partial charge >= 0.3 is 5.69 Å². The van der Waals surface area contributed by atoms with E-state index in [4.69, 9.17) is 0 Å². The molecule has 2 aromatic heterocycles. The smallest absolute Gasteiger partial charge is 0.344 e. The van der Waals surface area contributed by atoms with Crippen LogP contribution >= 0.6 is 11.8 Å². The summed E-state index contributed by atoms with van der Waals surface area (Å²) in [5, 5.41) is 10.6. The minimum Gasteiger partial charge on any atom is -0.370 e. The number of aromatic nitrogens is 4. The van der Waals surface area contributed by atoms with Crippen LogP contribution in [0.3, 0.4) is 0 Å². The van der Waals surface area contributed by atoms with Crippen LogP contribution in [0.1, 0.15) is 38.8 Å². The van der Waals surface area contributed by atoms with Crippen molar-refractivity contribution in [1.82, 2.24) is 19.7 Å². The number of hydrogen-bond donors (Lipinski definition) is 2. The summed E-state index contributed by atoms with van der Waals surface area (Å²) in [6.07, 6.45) is 2.83. The summed E-state index contributed by atoms with van der Waals surface area (Å²) >= 11 is 1.54. The van der Waals surface area contributed by atoms with Crippen LogP contribution < -0.4 is 11.0 Å². The van der Waals surface area contributed by atoms with Crippen molar-refractivity contribution in [2.24, 2.45) is 0 Å². The predicted octanol–water partition coefficient (Wildman–Crippen LogP) is 2.66. The summed E-state index contributed by atoms with van der Waals surface area (Å²) in [5.41, 5.74) is 0.949. The highest BCUT2D eigenvalue weighted by Gasteiger charge is 2.13. The topological polar surface area (TPSA) is 75.6 Å². The summed E-state index contributed by atoms with van der Waals surface area (Å²) in [5.74, 6) is 1.62. The third-order valence-corrected chi connectivity index (χ3v) is 3.98. The second kappa shape index (κ2) is 7.31. The molecule has 6 nitrogen and oxygen atoms in total. The molecule has 0 amide bonds. The second-order valence-electron chi connectivity index (χ2n) is 5.00. The molecule has 21 heavy (non-hydrogen) atoms. The van der Waals surface area contributed by atoms with E-state index in [2.05, 4.69) is 27.4 Å². The zero-order valence-corrected chi connectivity index (χ0v) is 13.4. The number of nitrogens with one attached hydrogen (secondary N) is 2. The number of pyridine rings is 1. The lowest BCUT2D eigenvalue weighted by Gasteiger charge is -2.11. The fourth-order valence-corrected chi connectivity index (χ4v) is 3.01. The molecule has 0 aliphatic rings. The Morgan fingerprint density at radius 1 is 1.48 bits per heavy atom. The van der Waals surface area contributed by atoms with Crippen LogP contribution in [0.4, 0.5) is 5.82 Å². The lowest BCUT2D eigenvalue weighted by Crippen LogP contribution is -2.19. The van der Waals surface area contributed by atoms with Crippen molar-refractivity contribution in [3.8, 4) is 0 Å². The van der Waals surface area contributed by atoms with Gasteiger partial charge in [0.05, 0.1) is 0 Å². The van der Waals surface area contributed by atoms with Crippen LogP contribution in [0.5, 0.6) is 0 Å². The predicted molar refractivity (Wildman–Crippen MR) is 85.8 cm³/mol. The van der Waals surface area contributed by atoms with Gasteiger partial charge in [-0.1, -0.05) is 24.8 Å². The summed E-state index contributed by atoms with van der Waals surface area (Å²) in [4.78, 5) is 16.1. The summed E-state index contributed by atoms with van der Waals surface area (Å²) in [7, 11) is 0. The molecular weight excluding hydrogens is 286 g/mol. The SMILES string of the molecule is CCCNc1ncccc1CSc1n[nH]c(=O)n1C(C)C. The van der Waals surface area contributed by atoms with E-state index >= 15 is 0 Å². The van der Waals surface area contributed by atoms with E-state index in [9.17, 15) is 4.79 Å². The van der Waals surface area contributed by atoms with Crippen LogP contribution in [-0.2, 0) is 5.75 Å². The maximum Gasteiger partial charge on any atom is 0.344 e. The lowest BCUT2D eigenvalue weighted by atomic mass is 10.3. The molecule has 2 heterocycles. The maximum atomic E-state index is 11.7. The number of anilines is 1. The molecule has 0 aliphatic heterocycles. The molecule has 0 spiro atoms. The molecule has 0 aliphatic carbocycles. The number of aromatic amines is 1. The Morgan fingerprint density at radius 3 is 3.00 bits per heavy atom. The zero-order chi connectivity index (χ0) is 15.2. The van der Waals surface area contributed by atoms with Gasteiger partial charge in [0.1, 0.15) is 5.82 Å². The fraction of sp³-hybridized carbons (Fsp3) is 0.500. The lowest BCUT2D eigenvalue weighted by molar-refractivity contribution is 0.534. The van der Waals surface area contributed by atoms with Crippen LogP contribution in [0.25, 0.3) is 0 Å². The van der Waals surface area contributed by atoms with Gasteiger partial charge < -0.3 is 5.32 Å². The largest absolute Gasteiger partial charge is 0.370 e. The quantitative estimate of drug-likeness (QED) is 0.769. The van der Waals surface area contributed by atoms with Crippen molar-refractivity contribution >= 4 is 17.6 Å². The van der Waals surface area contributed by atoms with Crippen molar-refractivity contribution in [3.63, 3.8) is 0 Å². The van der Waals surface area contributed by atoms with Gasteiger partial charge in [-0.25, -0.2) is 14.9 Å². The first-order valence-corrected chi connectivity index (χ1v) is 8.09. The zero-order valence-electron chi connectivity index (χ0n) is 12.6. The third-order valence-electron chi connectivity index (χ3n) is 2.98. The highest BCUT2D eigenvalue weighted by atomic mass is 32.2. The average molecular weight is 307 g/mol. The van der Waals surface area contributed by atoms with E-state index in [-0.39, 0.29) is 11.7 Å². The van der Waals surface area contributed by atoms with E-state index in [1.54, 1.807) is 10.8 Å². The maximum absolute atomic E-state index is 11.7. The normalized spacial score (nSPS) is 11.0. The van der Waals surface area contributed by atoms with Crippen molar-refractivity contribution in [2.45, 2.75) is 44.1 Å². The highest BCUT2D eigenvalue weighted by Crippen LogP contribution is 2.24. The highest BCUT2D eigenvalue weighted by molar-refractivity contribution is 7.98. The third kappa shape index (κ3) is 3.87. The van der Waals surface area contributed by atoms with Crippen LogP contribution in [0.2, 0.25) is 0 Å². The van der Waals surface area contributed by atoms with E-state index < -0.39 is 0 Å². The number of thioether (sulfide) groups is 1. The summed E-state index contributed by atoms with van der Waals surface area (Å²) in [6, 6.07) is 4.06. The van der Waals surface area contributed by atoms with Gasteiger partial charge in [-0.3, -0.25) is 4.57 Å². The molecular formula is C14H21N5OS. The molecule has 0 saturated carbocycles. The molecule has 0 fully saturated rings. The van der Waals surface area contributed by atoms with Crippen molar-refractivity contribution in [2.75, 3.05) is 11.9 Å². The Labute approximate surface area is 128 Å². The van der Waals surface area contributed by atoms with Crippen LogP contribution in [0.15, 0.2) is 28.3 Å². The van der Waals surface area contributed by atoms with Crippen molar-refractivity contribution < 1.29 is 0 Å². The van der Waals surface area contributed by atoms with E-state index in [1.807, 2.05) is 26.0 Å². The van der Waals surface area contributed by atoms with Gasteiger partial charge in [0, 0.05) is 30.1 Å². The van der Waals surface area contributed by atoms with Crippen LogP contribution in [-0.4, -0.2) is 26.3 Å². The molecule has 0 atom stereocenters. The van der Waals surface area contributed by atoms with Gasteiger partial charge in [0.15, 0.2) is 5.16 Å². The molecule has 0 aromatic carbocycles. The Bertz CT molecular complexity index is 634. The molecule has 114 valence electrons. The first kappa shape index (κ1) is 15.6. The molecule has 0 unspecified atom stereocenters. The van der Waals surface area contributed by atoms with Gasteiger partial charge in [-0.05, 0) is 26.3 Å². The van der Waals surface area contributed by atoms with Gasteiger partial charge in [-0.15, -0.1) is 5.10 Å². The Balaban J connectivity index is 2.12. The number of H-pyrrole nitrogens is 1. The van der Waals surface area contributed by atoms with E-state index in [0.717, 1.165) is 30.1 Å². The van der Waals surface area contributed by atoms with Gasteiger partial charge in [0.2, 0.25) is 0 Å². The molecule has 0 radical (unpaired) electrons. The molecule has 0 bridgehead atoms. The number of rotatable bonds is 7. The van der Waals surface area contributed by atoms with E-state index in [0.29, 0.717) is 5.16 Å². The number of nitrogens with zero attached hydrogens (tertiary/aromatic N) is 3. The summed E-state index contributed by atoms with van der Waals surface area (Å²) < 4.78 is 1.67. The van der Waals surface area contributed by atoms with E-state index in [1.165, 1.54) is 11.8 Å². The van der Waals surface area contributed by atoms with Gasteiger partial charge in [0.25, 0.3) is 0 Å². The first-order chi connectivity index (χ1) is 10.1. The Morgan fingerprint density at radius 2 is 2.29 bits per heavy atom. The molecule has 2 aromatic rings. The number of hydrogen-bond acceptors (Lipinski definition) is 5. The monoisotopic (exact) mass is 307 g/mol. The molecule has 2 rings (SSSR count).